The topological polar surface area (TPSA) is 49.7 Å². The zero-order chi connectivity index (χ0) is 18.9. The Morgan fingerprint density at radius 1 is 0.630 bits per heavy atom. The monoisotopic (exact) mass is 360 g/mol. The van der Waals surface area contributed by atoms with E-state index >= 15 is 0 Å². The molecule has 0 aliphatic carbocycles. The van der Waals surface area contributed by atoms with Crippen molar-refractivity contribution in [2.75, 3.05) is 19.8 Å². The number of aliphatic hydroxyl groups excluding tert-OH is 2. The summed E-state index contributed by atoms with van der Waals surface area (Å²) in [6.45, 7) is 0.352. The zero-order valence-electron chi connectivity index (χ0n) is 15.2. The van der Waals surface area contributed by atoms with Gasteiger partial charge >= 0.3 is 0 Å². The predicted molar refractivity (Wildman–Crippen MR) is 110 cm³/mol. The van der Waals surface area contributed by atoms with E-state index in [1.807, 2.05) is 60.7 Å². The average Bonchev–Trinajstić information content (AvgIpc) is 2.74. The summed E-state index contributed by atoms with van der Waals surface area (Å²) in [6.07, 6.45) is 0.566. The number of rotatable bonds is 8. The van der Waals surface area contributed by atoms with Crippen molar-refractivity contribution >= 4 is 11.1 Å². The van der Waals surface area contributed by atoms with E-state index in [1.165, 1.54) is 0 Å². The van der Waals surface area contributed by atoms with Gasteiger partial charge in [-0.05, 0) is 46.4 Å². The third-order valence-electron chi connectivity index (χ3n) is 4.35. The van der Waals surface area contributed by atoms with Crippen molar-refractivity contribution in [1.29, 1.82) is 0 Å². The van der Waals surface area contributed by atoms with Crippen LogP contribution in [0.1, 0.15) is 23.1 Å². The van der Waals surface area contributed by atoms with Gasteiger partial charge in [-0.25, -0.2) is 0 Å². The maximum absolute atomic E-state index is 9.70. The van der Waals surface area contributed by atoms with Gasteiger partial charge in [0.1, 0.15) is 12.4 Å². The first-order valence-electron chi connectivity index (χ1n) is 9.12. The number of benzene rings is 3. The van der Waals surface area contributed by atoms with Crippen molar-refractivity contribution < 1.29 is 14.9 Å². The van der Waals surface area contributed by atoms with Crippen LogP contribution in [0.15, 0.2) is 84.9 Å². The highest BCUT2D eigenvalue weighted by atomic mass is 16.5. The second kappa shape index (κ2) is 9.72. The lowest BCUT2D eigenvalue weighted by molar-refractivity contribution is 0.201. The van der Waals surface area contributed by atoms with Crippen LogP contribution >= 0.6 is 0 Å². The third kappa shape index (κ3) is 4.85. The Morgan fingerprint density at radius 3 is 1.74 bits per heavy atom. The smallest absolute Gasteiger partial charge is 0.119 e. The number of hydrogen-bond donors (Lipinski definition) is 2. The number of aliphatic hydroxyl groups is 2. The maximum Gasteiger partial charge on any atom is 0.119 e. The first kappa shape index (κ1) is 18.9. The molecule has 0 fully saturated rings. The Labute approximate surface area is 160 Å². The van der Waals surface area contributed by atoms with Gasteiger partial charge in [-0.1, -0.05) is 72.8 Å². The van der Waals surface area contributed by atoms with Crippen LogP contribution in [-0.4, -0.2) is 30.0 Å². The van der Waals surface area contributed by atoms with Crippen LogP contribution in [-0.2, 0) is 0 Å². The molecule has 3 aromatic carbocycles. The van der Waals surface area contributed by atoms with Crippen LogP contribution < -0.4 is 4.74 Å². The van der Waals surface area contributed by atoms with Crippen molar-refractivity contribution in [3.05, 3.63) is 102 Å². The van der Waals surface area contributed by atoms with Gasteiger partial charge in [-0.15, -0.1) is 0 Å². The van der Waals surface area contributed by atoms with E-state index in [1.54, 1.807) is 0 Å². The van der Waals surface area contributed by atoms with Gasteiger partial charge in [0.05, 0.1) is 6.61 Å². The first-order valence-corrected chi connectivity index (χ1v) is 9.12. The molecule has 3 nitrogen and oxygen atoms in total. The molecule has 0 radical (unpaired) electrons. The minimum Gasteiger partial charge on any atom is -0.491 e. The van der Waals surface area contributed by atoms with Gasteiger partial charge in [0.2, 0.25) is 0 Å². The molecule has 0 heterocycles. The Kier molecular flexibility index (Phi) is 6.80. The molecule has 2 N–H and O–H groups in total. The van der Waals surface area contributed by atoms with Gasteiger partial charge in [-0.2, -0.15) is 0 Å². The van der Waals surface area contributed by atoms with Crippen LogP contribution in [0.25, 0.3) is 11.1 Å². The van der Waals surface area contributed by atoms with Crippen molar-refractivity contribution in [2.45, 2.75) is 6.42 Å². The molecule has 0 bridgehead atoms. The minimum atomic E-state index is -0.00836. The van der Waals surface area contributed by atoms with E-state index in [9.17, 15) is 5.11 Å². The van der Waals surface area contributed by atoms with Crippen molar-refractivity contribution in [3.63, 3.8) is 0 Å². The van der Waals surface area contributed by atoms with Gasteiger partial charge in [0.25, 0.3) is 0 Å². The number of hydrogen-bond acceptors (Lipinski definition) is 3. The van der Waals surface area contributed by atoms with E-state index in [-0.39, 0.29) is 19.8 Å². The molecule has 0 aliphatic rings. The standard InChI is InChI=1S/C24H24O3/c25-16-15-23(19-7-3-1-4-8-19)24(20-9-5-2-6-10-20)21-11-13-22(14-12-21)27-18-17-26/h1-14,25-26H,15-18H2/b24-23+. The van der Waals surface area contributed by atoms with Gasteiger partial charge in [0, 0.05) is 6.61 Å². The maximum atomic E-state index is 9.70. The largest absolute Gasteiger partial charge is 0.491 e. The van der Waals surface area contributed by atoms with Crippen LogP contribution in [0.3, 0.4) is 0 Å². The molecular weight excluding hydrogens is 336 g/mol. The summed E-state index contributed by atoms with van der Waals surface area (Å²) in [5.41, 5.74) is 5.47. The quantitative estimate of drug-likeness (QED) is 0.586. The van der Waals surface area contributed by atoms with E-state index in [0.29, 0.717) is 6.42 Å². The van der Waals surface area contributed by atoms with Gasteiger partial charge in [-0.3, -0.25) is 0 Å². The summed E-state index contributed by atoms with van der Waals surface area (Å²) in [6, 6.07) is 28.3. The summed E-state index contributed by atoms with van der Waals surface area (Å²) in [7, 11) is 0. The van der Waals surface area contributed by atoms with Crippen LogP contribution in [0, 0.1) is 0 Å². The lowest BCUT2D eigenvalue weighted by Crippen LogP contribution is -2.02. The molecule has 0 saturated carbocycles. The molecule has 0 saturated heterocycles. The summed E-state index contributed by atoms with van der Waals surface area (Å²) in [4.78, 5) is 0. The van der Waals surface area contributed by atoms with Crippen LogP contribution in [0.5, 0.6) is 5.75 Å². The molecule has 138 valence electrons. The normalized spacial score (nSPS) is 11.8. The van der Waals surface area contributed by atoms with E-state index in [0.717, 1.165) is 33.6 Å². The fraction of sp³-hybridized carbons (Fsp3) is 0.167. The predicted octanol–water partition coefficient (Wildman–Crippen LogP) is 4.40. The molecule has 27 heavy (non-hydrogen) atoms. The Hall–Kier alpha value is -2.88. The lowest BCUT2D eigenvalue weighted by atomic mass is 9.88. The highest BCUT2D eigenvalue weighted by molar-refractivity contribution is 5.98. The Morgan fingerprint density at radius 2 is 1.19 bits per heavy atom. The molecule has 3 rings (SSSR count). The molecule has 0 unspecified atom stereocenters. The molecule has 0 atom stereocenters. The van der Waals surface area contributed by atoms with Crippen LogP contribution in [0.4, 0.5) is 0 Å². The first-order chi connectivity index (χ1) is 13.3. The fourth-order valence-corrected chi connectivity index (χ4v) is 3.17. The molecule has 0 aliphatic heterocycles. The van der Waals surface area contributed by atoms with E-state index < -0.39 is 0 Å². The van der Waals surface area contributed by atoms with Crippen molar-refractivity contribution in [2.24, 2.45) is 0 Å². The van der Waals surface area contributed by atoms with E-state index in [2.05, 4.69) is 24.3 Å². The molecular formula is C24H24O3. The third-order valence-corrected chi connectivity index (χ3v) is 4.35. The van der Waals surface area contributed by atoms with Gasteiger partial charge < -0.3 is 14.9 Å². The minimum absolute atomic E-state index is 0.00836. The van der Waals surface area contributed by atoms with Crippen molar-refractivity contribution in [1.82, 2.24) is 0 Å². The van der Waals surface area contributed by atoms with Gasteiger partial charge in [0.15, 0.2) is 0 Å². The van der Waals surface area contributed by atoms with Crippen LogP contribution in [0.2, 0.25) is 0 Å². The molecule has 3 heteroatoms. The molecule has 0 aromatic heterocycles. The highest BCUT2D eigenvalue weighted by Crippen LogP contribution is 2.34. The Balaban J connectivity index is 2.13. The second-order valence-corrected chi connectivity index (χ2v) is 6.16. The van der Waals surface area contributed by atoms with Crippen molar-refractivity contribution in [3.8, 4) is 5.75 Å². The van der Waals surface area contributed by atoms with E-state index in [4.69, 9.17) is 9.84 Å². The summed E-state index contributed by atoms with van der Waals surface area (Å²) < 4.78 is 5.48. The average molecular weight is 360 g/mol. The molecule has 0 amide bonds. The summed E-state index contributed by atoms with van der Waals surface area (Å²) in [5.74, 6) is 0.726. The molecule has 3 aromatic rings. The summed E-state index contributed by atoms with van der Waals surface area (Å²) in [5, 5.41) is 18.6. The SMILES string of the molecule is OCCOc1ccc(/C(=C(\CCO)c2ccccc2)c2ccccc2)cc1. The fourth-order valence-electron chi connectivity index (χ4n) is 3.17. The number of ether oxygens (including phenoxy) is 1. The zero-order valence-corrected chi connectivity index (χ0v) is 15.2. The molecule has 0 spiro atoms. The Bertz CT molecular complexity index is 853. The highest BCUT2D eigenvalue weighted by Gasteiger charge is 2.14. The summed E-state index contributed by atoms with van der Waals surface area (Å²) >= 11 is 0. The lowest BCUT2D eigenvalue weighted by Gasteiger charge is -2.17. The second-order valence-electron chi connectivity index (χ2n) is 6.16.